The van der Waals surface area contributed by atoms with E-state index in [1.807, 2.05) is 17.5 Å². The first-order valence-electron chi connectivity index (χ1n) is 8.44. The number of thiophene rings is 1. The molecule has 0 amide bonds. The van der Waals surface area contributed by atoms with E-state index in [2.05, 4.69) is 28.9 Å². The lowest BCUT2D eigenvalue weighted by Gasteiger charge is -2.34. The van der Waals surface area contributed by atoms with Crippen LogP contribution in [0.25, 0.3) is 10.8 Å². The highest BCUT2D eigenvalue weighted by Crippen LogP contribution is 2.25. The van der Waals surface area contributed by atoms with E-state index in [1.54, 1.807) is 11.3 Å². The molecule has 0 spiro atoms. The molecule has 0 aliphatic carbocycles. The first kappa shape index (κ1) is 16.6. The quantitative estimate of drug-likeness (QED) is 0.766. The summed E-state index contributed by atoms with van der Waals surface area (Å²) in [6.07, 6.45) is 5.15. The number of likely N-dealkylation sites (tertiary alicyclic amines) is 1. The molecule has 1 aliphatic heterocycles. The van der Waals surface area contributed by atoms with Crippen molar-refractivity contribution in [1.29, 1.82) is 0 Å². The fourth-order valence-corrected chi connectivity index (χ4v) is 3.67. The van der Waals surface area contributed by atoms with E-state index in [-0.39, 0.29) is 0 Å². The third-order valence-corrected chi connectivity index (χ3v) is 5.05. The number of hydrogen-bond donors (Lipinski definition) is 0. The zero-order chi connectivity index (χ0) is 16.1. The molecular weight excluding hydrogens is 310 g/mol. The minimum absolute atomic E-state index is 0.302. The molecule has 0 radical (unpaired) electrons. The van der Waals surface area contributed by atoms with Gasteiger partial charge in [0.15, 0.2) is 0 Å². The Kier molecular flexibility index (Phi) is 5.80. The van der Waals surface area contributed by atoms with Crippen molar-refractivity contribution in [1.82, 2.24) is 15.1 Å². The Bertz CT molecular complexity index is 582. The number of hydrogen-bond acceptors (Lipinski definition) is 6. The van der Waals surface area contributed by atoms with E-state index in [4.69, 9.17) is 9.15 Å². The van der Waals surface area contributed by atoms with Gasteiger partial charge in [0.2, 0.25) is 5.89 Å². The molecule has 3 heterocycles. The van der Waals surface area contributed by atoms with Crippen LogP contribution < -0.4 is 0 Å². The second-order valence-corrected chi connectivity index (χ2v) is 7.25. The van der Waals surface area contributed by atoms with Crippen LogP contribution in [0.4, 0.5) is 0 Å². The summed E-state index contributed by atoms with van der Waals surface area (Å²) < 4.78 is 11.6. The molecule has 2 aromatic heterocycles. The summed E-state index contributed by atoms with van der Waals surface area (Å²) in [5.74, 6) is 1.34. The van der Waals surface area contributed by atoms with Gasteiger partial charge in [0.1, 0.15) is 0 Å². The van der Waals surface area contributed by atoms with Crippen LogP contribution in [0, 0.1) is 0 Å². The second kappa shape index (κ2) is 8.04. The summed E-state index contributed by atoms with van der Waals surface area (Å²) in [7, 11) is 0. The molecule has 1 saturated heterocycles. The molecule has 0 unspecified atom stereocenters. The Hall–Kier alpha value is -1.24. The summed E-state index contributed by atoms with van der Waals surface area (Å²) in [6, 6.07) is 4.56. The number of aromatic nitrogens is 2. The Balaban J connectivity index is 1.58. The summed E-state index contributed by atoms with van der Waals surface area (Å²) in [5, 5.41) is 10.4. The largest absolute Gasteiger partial charge is 0.419 e. The van der Waals surface area contributed by atoms with Gasteiger partial charge < -0.3 is 9.15 Å². The lowest BCUT2D eigenvalue weighted by Crippen LogP contribution is -2.39. The first-order chi connectivity index (χ1) is 11.2. The van der Waals surface area contributed by atoms with Crippen molar-refractivity contribution in [3.05, 3.63) is 23.4 Å². The van der Waals surface area contributed by atoms with Crippen molar-refractivity contribution in [2.24, 2.45) is 0 Å². The molecule has 126 valence electrons. The highest BCUT2D eigenvalue weighted by atomic mass is 32.1. The molecule has 3 rings (SSSR count). The third kappa shape index (κ3) is 4.62. The van der Waals surface area contributed by atoms with Gasteiger partial charge in [-0.15, -0.1) is 21.5 Å². The van der Waals surface area contributed by atoms with Crippen LogP contribution in [0.15, 0.2) is 21.9 Å². The summed E-state index contributed by atoms with van der Waals surface area (Å²) in [5.41, 5.74) is 0. The fraction of sp³-hybridized carbons (Fsp3) is 0.647. The molecule has 23 heavy (non-hydrogen) atoms. The molecule has 6 heteroatoms. The summed E-state index contributed by atoms with van der Waals surface area (Å²) in [6.45, 7) is 6.84. The maximum atomic E-state index is 5.84. The van der Waals surface area contributed by atoms with E-state index >= 15 is 0 Å². The second-order valence-electron chi connectivity index (χ2n) is 6.31. The normalized spacial score (nSPS) is 19.5. The molecule has 1 atom stereocenters. The Morgan fingerprint density at radius 3 is 3.09 bits per heavy atom. The molecule has 0 bridgehead atoms. The highest BCUT2D eigenvalue weighted by Gasteiger charge is 2.24. The monoisotopic (exact) mass is 335 g/mol. The molecule has 0 aromatic carbocycles. The van der Waals surface area contributed by atoms with Gasteiger partial charge in [-0.3, -0.25) is 4.90 Å². The van der Waals surface area contributed by atoms with Crippen LogP contribution in [-0.4, -0.2) is 40.4 Å². The number of nitrogens with zero attached hydrogens (tertiary/aromatic N) is 3. The van der Waals surface area contributed by atoms with Crippen molar-refractivity contribution in [3.8, 4) is 10.8 Å². The molecule has 0 N–H and O–H groups in total. The summed E-state index contributed by atoms with van der Waals surface area (Å²) in [4.78, 5) is 3.50. The molecule has 2 aromatic rings. The summed E-state index contributed by atoms with van der Waals surface area (Å²) >= 11 is 1.62. The number of rotatable bonds is 7. The van der Waals surface area contributed by atoms with Crippen LogP contribution >= 0.6 is 11.3 Å². The van der Waals surface area contributed by atoms with Crippen molar-refractivity contribution in [2.45, 2.75) is 58.2 Å². The average Bonchev–Trinajstić information content (AvgIpc) is 3.19. The van der Waals surface area contributed by atoms with Crippen LogP contribution in [0.3, 0.4) is 0 Å². The minimum atomic E-state index is 0.302. The first-order valence-corrected chi connectivity index (χ1v) is 9.32. The van der Waals surface area contributed by atoms with Crippen molar-refractivity contribution >= 4 is 11.3 Å². The van der Waals surface area contributed by atoms with Crippen molar-refractivity contribution < 1.29 is 9.15 Å². The molecular formula is C17H25N3O2S. The predicted molar refractivity (Wildman–Crippen MR) is 91.4 cm³/mol. The van der Waals surface area contributed by atoms with E-state index in [9.17, 15) is 0 Å². The van der Waals surface area contributed by atoms with E-state index in [1.165, 1.54) is 19.3 Å². The zero-order valence-electron chi connectivity index (χ0n) is 13.9. The van der Waals surface area contributed by atoms with Gasteiger partial charge in [-0.2, -0.15) is 0 Å². The average molecular weight is 335 g/mol. The predicted octanol–water partition coefficient (Wildman–Crippen LogP) is 3.97. The fourth-order valence-electron chi connectivity index (χ4n) is 3.03. The SMILES string of the molecule is CC(C)OCC[C@H]1CCCCN1Cc1nnc(-c2cccs2)o1. The lowest BCUT2D eigenvalue weighted by atomic mass is 10.00. The van der Waals surface area contributed by atoms with Gasteiger partial charge in [0.05, 0.1) is 17.5 Å². The Morgan fingerprint density at radius 1 is 1.39 bits per heavy atom. The van der Waals surface area contributed by atoms with Gasteiger partial charge in [-0.25, -0.2) is 0 Å². The van der Waals surface area contributed by atoms with Crippen LogP contribution in [0.1, 0.15) is 45.4 Å². The molecule has 1 aliphatic rings. The van der Waals surface area contributed by atoms with Gasteiger partial charge in [-0.1, -0.05) is 12.5 Å². The Labute approximate surface area is 141 Å². The van der Waals surface area contributed by atoms with Crippen LogP contribution in [-0.2, 0) is 11.3 Å². The van der Waals surface area contributed by atoms with Crippen LogP contribution in [0.2, 0.25) is 0 Å². The van der Waals surface area contributed by atoms with Crippen molar-refractivity contribution in [3.63, 3.8) is 0 Å². The molecule has 0 saturated carbocycles. The maximum Gasteiger partial charge on any atom is 0.257 e. The van der Waals surface area contributed by atoms with Gasteiger partial charge in [-0.05, 0) is 51.1 Å². The van der Waals surface area contributed by atoms with Crippen molar-refractivity contribution in [2.75, 3.05) is 13.2 Å². The highest BCUT2D eigenvalue weighted by molar-refractivity contribution is 7.13. The number of piperidine rings is 1. The van der Waals surface area contributed by atoms with Gasteiger partial charge >= 0.3 is 0 Å². The molecule has 1 fully saturated rings. The van der Waals surface area contributed by atoms with E-state index < -0.39 is 0 Å². The maximum absolute atomic E-state index is 5.84. The molecule has 5 nitrogen and oxygen atoms in total. The van der Waals surface area contributed by atoms with E-state index in [0.29, 0.717) is 23.9 Å². The Morgan fingerprint density at radius 2 is 2.30 bits per heavy atom. The van der Waals surface area contributed by atoms with Gasteiger partial charge in [0.25, 0.3) is 5.89 Å². The zero-order valence-corrected chi connectivity index (χ0v) is 14.7. The number of ether oxygens (including phenoxy) is 1. The van der Waals surface area contributed by atoms with E-state index in [0.717, 1.165) is 31.0 Å². The van der Waals surface area contributed by atoms with Gasteiger partial charge in [0, 0.05) is 12.6 Å². The van der Waals surface area contributed by atoms with Crippen LogP contribution in [0.5, 0.6) is 0 Å². The lowest BCUT2D eigenvalue weighted by molar-refractivity contribution is 0.0434. The minimum Gasteiger partial charge on any atom is -0.419 e. The topological polar surface area (TPSA) is 51.4 Å². The third-order valence-electron chi connectivity index (χ3n) is 4.19. The smallest absolute Gasteiger partial charge is 0.257 e. The standard InChI is InChI=1S/C17H25N3O2S/c1-13(2)21-10-8-14-6-3-4-9-20(14)12-16-18-19-17(22-16)15-7-5-11-23-15/h5,7,11,13-14H,3-4,6,8-10,12H2,1-2H3/t14-/m1/s1.